The average Bonchev–Trinajstić information content (AvgIpc) is 2.01. The van der Waals surface area contributed by atoms with Gasteiger partial charge in [-0.1, -0.05) is 0 Å². The van der Waals surface area contributed by atoms with Gasteiger partial charge in [0, 0.05) is 11.9 Å². The maximum absolute atomic E-state index is 12.9. The quantitative estimate of drug-likeness (QED) is 0.560. The molecule has 0 aliphatic carbocycles. The van der Waals surface area contributed by atoms with Crippen LogP contribution in [0.15, 0.2) is 16.6 Å². The fourth-order valence-corrected chi connectivity index (χ4v) is 1.45. The number of benzene rings is 1. The Balaban J connectivity index is 3.05. The highest BCUT2D eigenvalue weighted by Gasteiger charge is 2.06. The Kier molecular flexibility index (Phi) is 3.47. The molecule has 66 valence electrons. The van der Waals surface area contributed by atoms with Crippen LogP contribution in [-0.2, 0) is 6.42 Å². The van der Waals surface area contributed by atoms with E-state index in [2.05, 4.69) is 15.9 Å². The van der Waals surface area contributed by atoms with Crippen LogP contribution in [0.3, 0.4) is 0 Å². The van der Waals surface area contributed by atoms with E-state index in [0.29, 0.717) is 17.9 Å². The summed E-state index contributed by atoms with van der Waals surface area (Å²) in [4.78, 5) is 0. The van der Waals surface area contributed by atoms with Crippen molar-refractivity contribution in [3.63, 3.8) is 0 Å². The first kappa shape index (κ1) is 9.93. The van der Waals surface area contributed by atoms with Crippen LogP contribution in [-0.4, -0.2) is 5.88 Å². The van der Waals surface area contributed by atoms with Crippen LogP contribution in [0.2, 0.25) is 0 Å². The summed E-state index contributed by atoms with van der Waals surface area (Å²) in [7, 11) is 0. The molecule has 1 rings (SSSR count). The molecule has 0 N–H and O–H groups in total. The molecule has 1 aromatic carbocycles. The fourth-order valence-electron chi connectivity index (χ4n) is 0.857. The van der Waals surface area contributed by atoms with E-state index in [9.17, 15) is 8.78 Å². The van der Waals surface area contributed by atoms with Crippen LogP contribution in [0.1, 0.15) is 5.56 Å². The highest BCUT2D eigenvalue weighted by Crippen LogP contribution is 2.20. The van der Waals surface area contributed by atoms with Gasteiger partial charge in [0.25, 0.3) is 0 Å². The predicted octanol–water partition coefficient (Wildman–Crippen LogP) is 3.51. The Hall–Kier alpha value is -0.150. The van der Waals surface area contributed by atoms with E-state index in [1.807, 2.05) is 0 Å². The fraction of sp³-hybridized carbons (Fsp3) is 0.250. The summed E-state index contributed by atoms with van der Waals surface area (Å²) in [5.74, 6) is -0.809. The topological polar surface area (TPSA) is 0 Å². The normalized spacial score (nSPS) is 10.3. The third-order valence-corrected chi connectivity index (χ3v) is 2.25. The van der Waals surface area contributed by atoms with E-state index < -0.39 is 11.6 Å². The molecular formula is C8H6BrClF2. The lowest BCUT2D eigenvalue weighted by atomic mass is 10.1. The zero-order valence-corrected chi connectivity index (χ0v) is 8.42. The molecule has 0 saturated heterocycles. The van der Waals surface area contributed by atoms with Crippen molar-refractivity contribution in [2.75, 3.05) is 5.88 Å². The molecule has 0 bridgehead atoms. The Morgan fingerprint density at radius 2 is 1.92 bits per heavy atom. The van der Waals surface area contributed by atoms with Gasteiger partial charge in [0.05, 0.1) is 4.47 Å². The lowest BCUT2D eigenvalue weighted by Gasteiger charge is -2.01. The number of alkyl halides is 1. The van der Waals surface area contributed by atoms with Crippen molar-refractivity contribution in [3.05, 3.63) is 33.8 Å². The van der Waals surface area contributed by atoms with Gasteiger partial charge in [-0.3, -0.25) is 0 Å². The molecule has 0 fully saturated rings. The van der Waals surface area contributed by atoms with Gasteiger partial charge in [0.2, 0.25) is 0 Å². The molecule has 0 unspecified atom stereocenters. The monoisotopic (exact) mass is 254 g/mol. The lowest BCUT2D eigenvalue weighted by molar-refractivity contribution is 0.569. The molecule has 0 spiro atoms. The Labute approximate surface area is 82.7 Å². The maximum atomic E-state index is 12.9. The first-order valence-electron chi connectivity index (χ1n) is 3.34. The number of rotatable bonds is 2. The molecule has 4 heteroatoms. The van der Waals surface area contributed by atoms with E-state index in [1.165, 1.54) is 6.07 Å². The number of hydrogen-bond donors (Lipinski definition) is 0. The Morgan fingerprint density at radius 1 is 1.25 bits per heavy atom. The van der Waals surface area contributed by atoms with Crippen molar-refractivity contribution in [3.8, 4) is 0 Å². The van der Waals surface area contributed by atoms with E-state index in [4.69, 9.17) is 11.6 Å². The maximum Gasteiger partial charge on any atom is 0.140 e. The minimum absolute atomic E-state index is 0.268. The molecule has 12 heavy (non-hydrogen) atoms. The Bertz CT molecular complexity index is 289. The largest absolute Gasteiger partial charge is 0.207 e. The molecule has 0 saturated carbocycles. The number of halogens is 4. The standard InChI is InChI=1S/C8H6BrClF2/c9-6-3-5(1-2-10)7(11)4-8(6)12/h3-4H,1-2H2. The summed E-state index contributed by atoms with van der Waals surface area (Å²) >= 11 is 8.39. The van der Waals surface area contributed by atoms with Crippen LogP contribution < -0.4 is 0 Å². The second-order valence-corrected chi connectivity index (χ2v) is 3.53. The van der Waals surface area contributed by atoms with Gasteiger partial charge in [-0.15, -0.1) is 11.6 Å². The van der Waals surface area contributed by atoms with E-state index >= 15 is 0 Å². The third-order valence-electron chi connectivity index (χ3n) is 1.45. The molecule has 0 aliphatic heterocycles. The summed E-state index contributed by atoms with van der Waals surface area (Å²) in [6.07, 6.45) is 0.409. The first-order valence-corrected chi connectivity index (χ1v) is 4.67. The van der Waals surface area contributed by atoms with E-state index in [1.54, 1.807) is 0 Å². The van der Waals surface area contributed by atoms with E-state index in [-0.39, 0.29) is 4.47 Å². The average molecular weight is 255 g/mol. The molecule has 1 aromatic rings. The minimum atomic E-state index is -0.592. The summed E-state index contributed by atoms with van der Waals surface area (Å²) in [5, 5.41) is 0. The first-order chi connectivity index (χ1) is 5.65. The van der Waals surface area contributed by atoms with Crippen LogP contribution in [0.5, 0.6) is 0 Å². The second kappa shape index (κ2) is 4.19. The third kappa shape index (κ3) is 2.17. The number of hydrogen-bond acceptors (Lipinski definition) is 0. The molecule has 0 atom stereocenters. The van der Waals surface area contributed by atoms with Crippen LogP contribution >= 0.6 is 27.5 Å². The number of aryl methyl sites for hydroxylation is 1. The van der Waals surface area contributed by atoms with Crippen molar-refractivity contribution >= 4 is 27.5 Å². The van der Waals surface area contributed by atoms with Crippen LogP contribution in [0.25, 0.3) is 0 Å². The van der Waals surface area contributed by atoms with Crippen molar-refractivity contribution in [1.29, 1.82) is 0 Å². The van der Waals surface area contributed by atoms with Gasteiger partial charge >= 0.3 is 0 Å². The molecule has 0 aromatic heterocycles. The van der Waals surface area contributed by atoms with Gasteiger partial charge in [0.1, 0.15) is 11.6 Å². The predicted molar refractivity (Wildman–Crippen MR) is 48.5 cm³/mol. The zero-order valence-electron chi connectivity index (χ0n) is 6.08. The van der Waals surface area contributed by atoms with Crippen molar-refractivity contribution in [2.45, 2.75) is 6.42 Å². The SMILES string of the molecule is Fc1cc(F)c(CCCl)cc1Br. The molecular weight excluding hydrogens is 249 g/mol. The Morgan fingerprint density at radius 3 is 2.50 bits per heavy atom. The smallest absolute Gasteiger partial charge is 0.140 e. The highest BCUT2D eigenvalue weighted by atomic mass is 79.9. The molecule has 0 radical (unpaired) electrons. The van der Waals surface area contributed by atoms with Gasteiger partial charge in [-0.05, 0) is 34.0 Å². The van der Waals surface area contributed by atoms with Crippen LogP contribution in [0, 0.1) is 11.6 Å². The summed E-state index contributed by atoms with van der Waals surface area (Å²) in [5.41, 5.74) is 0.429. The molecule has 0 aliphatic rings. The lowest BCUT2D eigenvalue weighted by Crippen LogP contribution is -1.93. The molecule has 0 heterocycles. The van der Waals surface area contributed by atoms with Gasteiger partial charge in [-0.25, -0.2) is 8.78 Å². The van der Waals surface area contributed by atoms with Gasteiger partial charge < -0.3 is 0 Å². The highest BCUT2D eigenvalue weighted by molar-refractivity contribution is 9.10. The van der Waals surface area contributed by atoms with E-state index in [0.717, 1.165) is 6.07 Å². The van der Waals surface area contributed by atoms with Crippen molar-refractivity contribution < 1.29 is 8.78 Å². The summed E-state index contributed by atoms with van der Waals surface area (Å²) < 4.78 is 25.8. The zero-order chi connectivity index (χ0) is 9.14. The molecule has 0 nitrogen and oxygen atoms in total. The molecule has 0 amide bonds. The van der Waals surface area contributed by atoms with Crippen molar-refractivity contribution in [1.82, 2.24) is 0 Å². The van der Waals surface area contributed by atoms with Gasteiger partial charge in [-0.2, -0.15) is 0 Å². The summed E-state index contributed by atoms with van der Waals surface area (Å²) in [6, 6.07) is 2.26. The minimum Gasteiger partial charge on any atom is -0.207 e. The second-order valence-electron chi connectivity index (χ2n) is 2.30. The van der Waals surface area contributed by atoms with Gasteiger partial charge in [0.15, 0.2) is 0 Å². The summed E-state index contributed by atoms with van der Waals surface area (Å²) in [6.45, 7) is 0. The van der Waals surface area contributed by atoms with Crippen molar-refractivity contribution in [2.24, 2.45) is 0 Å². The van der Waals surface area contributed by atoms with Crippen LogP contribution in [0.4, 0.5) is 8.78 Å².